The highest BCUT2D eigenvalue weighted by molar-refractivity contribution is 6.02. The molecule has 0 bridgehead atoms. The molecule has 0 spiro atoms. The quantitative estimate of drug-likeness (QED) is 0.899. The maximum atomic E-state index is 11.8. The number of rotatable bonds is 3. The van der Waals surface area contributed by atoms with Crippen LogP contribution in [0.25, 0.3) is 0 Å². The van der Waals surface area contributed by atoms with Crippen LogP contribution in [0.15, 0.2) is 18.2 Å². The van der Waals surface area contributed by atoms with Gasteiger partial charge >= 0.3 is 0 Å². The first-order chi connectivity index (χ1) is 9.11. The fourth-order valence-corrected chi connectivity index (χ4v) is 2.15. The molecule has 0 aromatic heterocycles. The molecule has 2 rings (SSSR count). The number of anilines is 2. The van der Waals surface area contributed by atoms with Gasteiger partial charge in [0.15, 0.2) is 0 Å². The number of aryl methyl sites for hydroxylation is 1. The lowest BCUT2D eigenvalue weighted by Crippen LogP contribution is -2.25. The number of nitrogens with zero attached hydrogens (tertiary/aromatic N) is 2. The van der Waals surface area contributed by atoms with Crippen LogP contribution in [0, 0.1) is 18.3 Å². The van der Waals surface area contributed by atoms with Crippen LogP contribution < -0.4 is 10.2 Å². The second-order valence-electron chi connectivity index (χ2n) is 4.55. The molecule has 1 aromatic rings. The molecule has 0 radical (unpaired) electrons. The lowest BCUT2D eigenvalue weighted by atomic mass is 10.1. The molecule has 5 heteroatoms. The van der Waals surface area contributed by atoms with Gasteiger partial charge in [0, 0.05) is 13.0 Å². The van der Waals surface area contributed by atoms with Crippen molar-refractivity contribution < 1.29 is 9.59 Å². The molecular weight excluding hydrogens is 242 g/mol. The smallest absolute Gasteiger partial charge is 0.238 e. The lowest BCUT2D eigenvalue weighted by molar-refractivity contribution is -0.117. The summed E-state index contributed by atoms with van der Waals surface area (Å²) in [5.74, 6) is -0.291. The predicted octanol–water partition coefficient (Wildman–Crippen LogP) is 1.97. The Morgan fingerprint density at radius 3 is 2.95 bits per heavy atom. The van der Waals surface area contributed by atoms with Gasteiger partial charge in [-0.3, -0.25) is 9.59 Å². The number of carbonyl (C=O) groups is 2. The van der Waals surface area contributed by atoms with Crippen molar-refractivity contribution in [2.24, 2.45) is 0 Å². The molecule has 0 atom stereocenters. The highest BCUT2D eigenvalue weighted by Crippen LogP contribution is 2.30. The summed E-state index contributed by atoms with van der Waals surface area (Å²) in [5, 5.41) is 11.2. The molecule has 2 amide bonds. The number of nitriles is 1. The van der Waals surface area contributed by atoms with Gasteiger partial charge in [-0.2, -0.15) is 5.26 Å². The van der Waals surface area contributed by atoms with Gasteiger partial charge in [-0.05, 0) is 31.0 Å². The summed E-state index contributed by atoms with van der Waals surface area (Å²) in [4.78, 5) is 25.0. The minimum absolute atomic E-state index is 0.0691. The Morgan fingerprint density at radius 2 is 2.32 bits per heavy atom. The number of carbonyl (C=O) groups excluding carboxylic acids is 2. The van der Waals surface area contributed by atoms with E-state index in [0.29, 0.717) is 24.3 Å². The van der Waals surface area contributed by atoms with Crippen molar-refractivity contribution in [3.05, 3.63) is 23.8 Å². The zero-order valence-electron chi connectivity index (χ0n) is 10.8. The van der Waals surface area contributed by atoms with Crippen molar-refractivity contribution in [1.29, 1.82) is 5.26 Å². The zero-order chi connectivity index (χ0) is 13.8. The fraction of sp³-hybridized carbons (Fsp3) is 0.357. The van der Waals surface area contributed by atoms with Gasteiger partial charge in [0.25, 0.3) is 0 Å². The van der Waals surface area contributed by atoms with E-state index in [1.165, 1.54) is 0 Å². The highest BCUT2D eigenvalue weighted by Gasteiger charge is 2.24. The first kappa shape index (κ1) is 13.1. The van der Waals surface area contributed by atoms with Crippen molar-refractivity contribution in [3.63, 3.8) is 0 Å². The average molecular weight is 257 g/mol. The molecule has 0 saturated carbocycles. The normalized spacial score (nSPS) is 14.3. The van der Waals surface area contributed by atoms with Crippen LogP contribution in [0.2, 0.25) is 0 Å². The Bertz CT molecular complexity index is 560. The van der Waals surface area contributed by atoms with Crippen molar-refractivity contribution in [2.75, 3.05) is 16.8 Å². The Balaban J connectivity index is 2.30. The standard InChI is InChI=1S/C14H15N3O2/c1-10-4-5-12(17-8-2-3-14(17)19)11(9-10)16-13(18)6-7-15/h4-5,9H,2-3,6,8H2,1H3,(H,16,18). The molecule has 98 valence electrons. The maximum absolute atomic E-state index is 11.8. The van der Waals surface area contributed by atoms with Crippen LogP contribution >= 0.6 is 0 Å². The summed E-state index contributed by atoms with van der Waals surface area (Å²) in [6, 6.07) is 7.36. The van der Waals surface area contributed by atoms with Gasteiger partial charge in [0.2, 0.25) is 11.8 Å². The number of benzene rings is 1. The van der Waals surface area contributed by atoms with Gasteiger partial charge in [0.05, 0.1) is 17.4 Å². The summed E-state index contributed by atoms with van der Waals surface area (Å²) >= 11 is 0. The minimum atomic E-state index is -0.360. The monoisotopic (exact) mass is 257 g/mol. The molecule has 0 aliphatic carbocycles. The van der Waals surface area contributed by atoms with Crippen LogP contribution in [0.4, 0.5) is 11.4 Å². The third-order valence-electron chi connectivity index (χ3n) is 3.03. The van der Waals surface area contributed by atoms with Crippen LogP contribution in [0.1, 0.15) is 24.8 Å². The van der Waals surface area contributed by atoms with E-state index in [9.17, 15) is 9.59 Å². The minimum Gasteiger partial charge on any atom is -0.323 e. The topological polar surface area (TPSA) is 73.2 Å². The Morgan fingerprint density at radius 1 is 1.53 bits per heavy atom. The van der Waals surface area contributed by atoms with Gasteiger partial charge in [-0.15, -0.1) is 0 Å². The van der Waals surface area contributed by atoms with Crippen LogP contribution in [0.3, 0.4) is 0 Å². The number of hydrogen-bond donors (Lipinski definition) is 1. The SMILES string of the molecule is Cc1ccc(N2CCCC2=O)c(NC(=O)CC#N)c1. The summed E-state index contributed by atoms with van der Waals surface area (Å²) in [7, 11) is 0. The van der Waals surface area contributed by atoms with E-state index in [1.807, 2.05) is 31.2 Å². The van der Waals surface area contributed by atoms with Gasteiger partial charge in [-0.25, -0.2) is 0 Å². The maximum Gasteiger partial charge on any atom is 0.238 e. The molecule has 1 N–H and O–H groups in total. The number of hydrogen-bond acceptors (Lipinski definition) is 3. The van der Waals surface area contributed by atoms with Crippen LogP contribution in [-0.2, 0) is 9.59 Å². The Kier molecular flexibility index (Phi) is 3.81. The summed E-state index contributed by atoms with van der Waals surface area (Å²) in [6.45, 7) is 2.58. The van der Waals surface area contributed by atoms with E-state index in [1.54, 1.807) is 4.90 Å². The van der Waals surface area contributed by atoms with E-state index in [4.69, 9.17) is 5.26 Å². The first-order valence-corrected chi connectivity index (χ1v) is 6.19. The molecule has 1 aliphatic heterocycles. The lowest BCUT2D eigenvalue weighted by Gasteiger charge is -2.20. The van der Waals surface area contributed by atoms with Crippen LogP contribution in [0.5, 0.6) is 0 Å². The summed E-state index contributed by atoms with van der Waals surface area (Å²) in [5.41, 5.74) is 2.29. The number of nitrogens with one attached hydrogen (secondary N) is 1. The second-order valence-corrected chi connectivity index (χ2v) is 4.55. The average Bonchev–Trinajstić information content (AvgIpc) is 2.76. The van der Waals surface area contributed by atoms with E-state index < -0.39 is 0 Å². The first-order valence-electron chi connectivity index (χ1n) is 6.19. The largest absolute Gasteiger partial charge is 0.323 e. The predicted molar refractivity (Wildman–Crippen MR) is 71.6 cm³/mol. The molecular formula is C14H15N3O2. The molecule has 1 saturated heterocycles. The Labute approximate surface area is 111 Å². The van der Waals surface area contributed by atoms with Gasteiger partial charge in [-0.1, -0.05) is 6.07 Å². The van der Waals surface area contributed by atoms with E-state index in [0.717, 1.165) is 12.0 Å². The van der Waals surface area contributed by atoms with E-state index in [-0.39, 0.29) is 18.2 Å². The highest BCUT2D eigenvalue weighted by atomic mass is 16.2. The van der Waals surface area contributed by atoms with Crippen molar-refractivity contribution in [3.8, 4) is 6.07 Å². The molecule has 1 aliphatic rings. The van der Waals surface area contributed by atoms with Gasteiger partial charge < -0.3 is 10.2 Å². The van der Waals surface area contributed by atoms with Crippen molar-refractivity contribution >= 4 is 23.2 Å². The molecule has 1 aromatic carbocycles. The second kappa shape index (κ2) is 5.53. The molecule has 5 nitrogen and oxygen atoms in total. The fourth-order valence-electron chi connectivity index (χ4n) is 2.15. The number of amides is 2. The third-order valence-corrected chi connectivity index (χ3v) is 3.03. The molecule has 1 fully saturated rings. The molecule has 0 unspecified atom stereocenters. The van der Waals surface area contributed by atoms with Crippen LogP contribution in [-0.4, -0.2) is 18.4 Å². The molecule has 19 heavy (non-hydrogen) atoms. The van der Waals surface area contributed by atoms with E-state index in [2.05, 4.69) is 5.32 Å². The van der Waals surface area contributed by atoms with Crippen molar-refractivity contribution in [1.82, 2.24) is 0 Å². The molecule has 1 heterocycles. The Hall–Kier alpha value is -2.35. The third kappa shape index (κ3) is 2.91. The summed E-state index contributed by atoms with van der Waals surface area (Å²) in [6.07, 6.45) is 1.18. The van der Waals surface area contributed by atoms with E-state index >= 15 is 0 Å². The van der Waals surface area contributed by atoms with Gasteiger partial charge in [0.1, 0.15) is 6.42 Å². The summed E-state index contributed by atoms with van der Waals surface area (Å²) < 4.78 is 0. The van der Waals surface area contributed by atoms with Crippen molar-refractivity contribution in [2.45, 2.75) is 26.2 Å². The zero-order valence-corrected chi connectivity index (χ0v) is 10.8.